The summed E-state index contributed by atoms with van der Waals surface area (Å²) in [5, 5.41) is 0. The van der Waals surface area contributed by atoms with Crippen LogP contribution in [0.2, 0.25) is 0 Å². The van der Waals surface area contributed by atoms with E-state index in [2.05, 4.69) is 61.1 Å². The molecule has 0 spiro atoms. The fourth-order valence-electron chi connectivity index (χ4n) is 3.16. The molecule has 0 amide bonds. The number of likely N-dealkylation sites (N-methyl/N-ethyl adjacent to an activating group) is 1. The summed E-state index contributed by atoms with van der Waals surface area (Å²) in [6.45, 7) is 4.50. The number of rotatable bonds is 3. The average molecular weight is 306 g/mol. The van der Waals surface area contributed by atoms with Gasteiger partial charge in [-0.1, -0.05) is 32.0 Å². The molecule has 0 fully saturated rings. The number of methoxy groups -OCH3 is 1. The number of aliphatic imine (C=N–C) groups is 1. The second-order valence-corrected chi connectivity index (χ2v) is 6.23. The van der Waals surface area contributed by atoms with Gasteiger partial charge in [0.15, 0.2) is 0 Å². The molecular weight excluding hydrogens is 284 g/mol. The lowest BCUT2D eigenvalue weighted by Gasteiger charge is -2.23. The van der Waals surface area contributed by atoms with Crippen LogP contribution in [0.4, 0.5) is 11.4 Å². The van der Waals surface area contributed by atoms with Crippen molar-refractivity contribution >= 4 is 17.6 Å². The Morgan fingerprint density at radius 2 is 1.74 bits per heavy atom. The second-order valence-electron chi connectivity index (χ2n) is 6.23. The Labute approximate surface area is 137 Å². The summed E-state index contributed by atoms with van der Waals surface area (Å²) in [6.07, 6.45) is 3.98. The van der Waals surface area contributed by atoms with Crippen LogP contribution >= 0.6 is 0 Å². The molecular formula is C20H22N2O. The number of nitrogens with zero attached hydrogens (tertiary/aromatic N) is 2. The van der Waals surface area contributed by atoms with Gasteiger partial charge in [0.1, 0.15) is 5.75 Å². The van der Waals surface area contributed by atoms with Crippen LogP contribution in [-0.4, -0.2) is 20.4 Å². The Morgan fingerprint density at radius 1 is 1.04 bits per heavy atom. The number of anilines is 1. The summed E-state index contributed by atoms with van der Waals surface area (Å²) >= 11 is 0. The quantitative estimate of drug-likeness (QED) is 0.767. The van der Waals surface area contributed by atoms with Crippen LogP contribution in [0.5, 0.6) is 5.75 Å². The first kappa shape index (κ1) is 15.3. The first-order valence-corrected chi connectivity index (χ1v) is 7.76. The molecule has 0 N–H and O–H groups in total. The van der Waals surface area contributed by atoms with Crippen LogP contribution < -0.4 is 9.64 Å². The molecule has 0 aromatic heterocycles. The number of benzene rings is 2. The van der Waals surface area contributed by atoms with Crippen molar-refractivity contribution < 1.29 is 4.74 Å². The summed E-state index contributed by atoms with van der Waals surface area (Å²) in [7, 11) is 3.78. The minimum absolute atomic E-state index is 0.0166. The van der Waals surface area contributed by atoms with Crippen LogP contribution in [0.25, 0.3) is 0 Å². The van der Waals surface area contributed by atoms with Gasteiger partial charge in [-0.15, -0.1) is 0 Å². The molecule has 0 saturated heterocycles. The lowest BCUT2D eigenvalue weighted by molar-refractivity contribution is 0.415. The largest absolute Gasteiger partial charge is 0.497 e. The summed E-state index contributed by atoms with van der Waals surface area (Å²) in [4.78, 5) is 6.77. The van der Waals surface area contributed by atoms with E-state index >= 15 is 0 Å². The van der Waals surface area contributed by atoms with Gasteiger partial charge in [0, 0.05) is 30.1 Å². The zero-order valence-electron chi connectivity index (χ0n) is 14.1. The van der Waals surface area contributed by atoms with Gasteiger partial charge in [-0.05, 0) is 42.0 Å². The van der Waals surface area contributed by atoms with Gasteiger partial charge in [-0.3, -0.25) is 4.99 Å². The molecule has 0 aliphatic carbocycles. The monoisotopic (exact) mass is 306 g/mol. The zero-order valence-corrected chi connectivity index (χ0v) is 14.1. The van der Waals surface area contributed by atoms with Gasteiger partial charge in [0.05, 0.1) is 12.8 Å². The first-order valence-electron chi connectivity index (χ1n) is 7.76. The molecule has 2 aromatic rings. The van der Waals surface area contributed by atoms with Crippen molar-refractivity contribution in [2.45, 2.75) is 19.3 Å². The first-order chi connectivity index (χ1) is 11.0. The Hall–Kier alpha value is -2.55. The minimum Gasteiger partial charge on any atom is -0.497 e. The van der Waals surface area contributed by atoms with Crippen LogP contribution in [0.15, 0.2) is 65.3 Å². The van der Waals surface area contributed by atoms with E-state index in [1.165, 1.54) is 16.9 Å². The number of fused-ring (bicyclic) bond motifs is 1. The molecule has 118 valence electrons. The maximum Gasteiger partial charge on any atom is 0.119 e. The number of ether oxygens (including phenoxy) is 1. The van der Waals surface area contributed by atoms with Crippen LogP contribution in [-0.2, 0) is 5.41 Å². The Balaban J connectivity index is 1.86. The van der Waals surface area contributed by atoms with E-state index < -0.39 is 0 Å². The number of hydrogen-bond acceptors (Lipinski definition) is 3. The maximum absolute atomic E-state index is 5.16. The van der Waals surface area contributed by atoms with Crippen molar-refractivity contribution in [3.05, 3.63) is 65.9 Å². The van der Waals surface area contributed by atoms with E-state index in [0.717, 1.165) is 11.4 Å². The van der Waals surface area contributed by atoms with Gasteiger partial charge < -0.3 is 9.64 Å². The third kappa shape index (κ3) is 2.74. The maximum atomic E-state index is 5.16. The highest BCUT2D eigenvalue weighted by molar-refractivity contribution is 5.80. The molecule has 2 aromatic carbocycles. The molecule has 3 rings (SSSR count). The predicted octanol–water partition coefficient (Wildman–Crippen LogP) is 4.71. The highest BCUT2D eigenvalue weighted by atomic mass is 16.5. The normalized spacial score (nSPS) is 17.7. The number of allylic oxidation sites excluding steroid dienone is 2. The zero-order chi connectivity index (χ0) is 16.4. The standard InChI is InChI=1S/C20H22N2O/c1-20(2)17-7-5-6-8-18(17)22(3)19(20)13-14-21-15-9-11-16(23-4)12-10-15/h5-14H,1-4H3/b19-13+,21-14?. The minimum atomic E-state index is -0.0166. The van der Waals surface area contributed by atoms with Crippen LogP contribution in [0.1, 0.15) is 19.4 Å². The van der Waals surface area contributed by atoms with Crippen molar-refractivity contribution in [3.8, 4) is 5.75 Å². The molecule has 0 unspecified atom stereocenters. The fourth-order valence-corrected chi connectivity index (χ4v) is 3.16. The van der Waals surface area contributed by atoms with Crippen molar-refractivity contribution in [1.82, 2.24) is 0 Å². The topological polar surface area (TPSA) is 24.8 Å². The Kier molecular flexibility index (Phi) is 3.95. The lowest BCUT2D eigenvalue weighted by atomic mass is 9.84. The Morgan fingerprint density at radius 3 is 2.39 bits per heavy atom. The van der Waals surface area contributed by atoms with Gasteiger partial charge in [0.25, 0.3) is 0 Å². The van der Waals surface area contributed by atoms with Crippen molar-refractivity contribution in [3.63, 3.8) is 0 Å². The summed E-state index contributed by atoms with van der Waals surface area (Å²) in [5.41, 5.74) is 4.76. The summed E-state index contributed by atoms with van der Waals surface area (Å²) < 4.78 is 5.16. The number of hydrogen-bond donors (Lipinski definition) is 0. The highest BCUT2D eigenvalue weighted by Crippen LogP contribution is 2.46. The second kappa shape index (κ2) is 5.92. The van der Waals surface area contributed by atoms with E-state index in [0.29, 0.717) is 0 Å². The molecule has 3 nitrogen and oxygen atoms in total. The van der Waals surface area contributed by atoms with Gasteiger partial charge >= 0.3 is 0 Å². The van der Waals surface area contributed by atoms with E-state index in [4.69, 9.17) is 4.74 Å². The van der Waals surface area contributed by atoms with Crippen LogP contribution in [0.3, 0.4) is 0 Å². The van der Waals surface area contributed by atoms with E-state index in [-0.39, 0.29) is 5.41 Å². The Bertz CT molecular complexity index is 757. The fraction of sp³-hybridized carbons (Fsp3) is 0.250. The van der Waals surface area contributed by atoms with Gasteiger partial charge in [-0.25, -0.2) is 0 Å². The molecule has 0 radical (unpaired) electrons. The molecule has 1 aliphatic rings. The highest BCUT2D eigenvalue weighted by Gasteiger charge is 2.37. The molecule has 23 heavy (non-hydrogen) atoms. The summed E-state index contributed by atoms with van der Waals surface area (Å²) in [5.74, 6) is 0.842. The van der Waals surface area contributed by atoms with Crippen molar-refractivity contribution in [2.75, 3.05) is 19.1 Å². The SMILES string of the molecule is COc1ccc(N=C/C=C2/N(C)c3ccccc3C2(C)C)cc1. The molecule has 1 aliphatic heterocycles. The van der Waals surface area contributed by atoms with E-state index in [9.17, 15) is 0 Å². The van der Waals surface area contributed by atoms with Gasteiger partial charge in [0.2, 0.25) is 0 Å². The van der Waals surface area contributed by atoms with Crippen LogP contribution in [0, 0.1) is 0 Å². The molecule has 1 heterocycles. The molecule has 3 heteroatoms. The van der Waals surface area contributed by atoms with Crippen molar-refractivity contribution in [1.29, 1.82) is 0 Å². The molecule has 0 bridgehead atoms. The average Bonchev–Trinajstić information content (AvgIpc) is 2.76. The van der Waals surface area contributed by atoms with Gasteiger partial charge in [-0.2, -0.15) is 0 Å². The predicted molar refractivity (Wildman–Crippen MR) is 97.1 cm³/mol. The van der Waals surface area contributed by atoms with Crippen molar-refractivity contribution in [2.24, 2.45) is 4.99 Å². The molecule has 0 atom stereocenters. The third-order valence-electron chi connectivity index (χ3n) is 4.47. The number of para-hydroxylation sites is 1. The molecule has 0 saturated carbocycles. The van der Waals surface area contributed by atoms with E-state index in [1.54, 1.807) is 7.11 Å². The smallest absolute Gasteiger partial charge is 0.119 e. The lowest BCUT2D eigenvalue weighted by Crippen LogP contribution is -2.22. The third-order valence-corrected chi connectivity index (χ3v) is 4.47. The summed E-state index contributed by atoms with van der Waals surface area (Å²) in [6, 6.07) is 16.3. The van der Waals surface area contributed by atoms with E-state index in [1.807, 2.05) is 30.5 Å².